The Hall–Kier alpha value is -1.75. The van der Waals surface area contributed by atoms with Crippen LogP contribution in [0.15, 0.2) is 24.3 Å². The van der Waals surface area contributed by atoms with Gasteiger partial charge in [-0.2, -0.15) is 0 Å². The van der Waals surface area contributed by atoms with Gasteiger partial charge in [0.15, 0.2) is 0 Å². The van der Waals surface area contributed by atoms with Crippen molar-refractivity contribution < 1.29 is 14.6 Å². The van der Waals surface area contributed by atoms with Crippen molar-refractivity contribution in [1.29, 1.82) is 0 Å². The first-order chi connectivity index (χ1) is 8.63. The number of carbonyl (C=O) groups excluding carboxylic acids is 1. The molecule has 0 heterocycles. The van der Waals surface area contributed by atoms with Crippen LogP contribution in [0.2, 0.25) is 0 Å². The van der Waals surface area contributed by atoms with E-state index in [1.54, 1.807) is 14.0 Å². The summed E-state index contributed by atoms with van der Waals surface area (Å²) in [4.78, 5) is 11.5. The van der Waals surface area contributed by atoms with Crippen molar-refractivity contribution in [2.45, 2.75) is 26.0 Å². The molecule has 2 amide bonds. The Kier molecular flexibility index (Phi) is 6.00. The number of aliphatic hydroxyl groups excluding tert-OH is 1. The second-order valence-electron chi connectivity index (χ2n) is 4.06. The van der Waals surface area contributed by atoms with Crippen LogP contribution in [0.1, 0.15) is 18.9 Å². The molecule has 1 aromatic carbocycles. The number of benzene rings is 1. The molecule has 100 valence electrons. The first kappa shape index (κ1) is 14.3. The molecule has 0 spiro atoms. The van der Waals surface area contributed by atoms with E-state index in [1.165, 1.54) is 0 Å². The number of hydrogen-bond donors (Lipinski definition) is 3. The van der Waals surface area contributed by atoms with E-state index in [0.29, 0.717) is 19.5 Å². The number of rotatable bonds is 6. The molecule has 1 rings (SSSR count). The number of hydrogen-bond acceptors (Lipinski definition) is 3. The Morgan fingerprint density at radius 1 is 1.39 bits per heavy atom. The molecular weight excluding hydrogens is 232 g/mol. The van der Waals surface area contributed by atoms with Crippen LogP contribution in [0.5, 0.6) is 5.75 Å². The number of carbonyl (C=O) groups is 1. The molecule has 1 aromatic rings. The maximum absolute atomic E-state index is 11.5. The van der Waals surface area contributed by atoms with Gasteiger partial charge in [-0.1, -0.05) is 18.2 Å². The van der Waals surface area contributed by atoms with Crippen LogP contribution >= 0.6 is 0 Å². The zero-order chi connectivity index (χ0) is 13.4. The van der Waals surface area contributed by atoms with Crippen LogP contribution in [-0.4, -0.2) is 30.9 Å². The molecule has 0 saturated carbocycles. The van der Waals surface area contributed by atoms with Crippen LogP contribution < -0.4 is 15.4 Å². The van der Waals surface area contributed by atoms with Gasteiger partial charge in [-0.15, -0.1) is 0 Å². The fourth-order valence-electron chi connectivity index (χ4n) is 1.48. The van der Waals surface area contributed by atoms with Gasteiger partial charge < -0.3 is 20.5 Å². The number of aliphatic hydroxyl groups is 1. The summed E-state index contributed by atoms with van der Waals surface area (Å²) < 4.78 is 5.19. The van der Waals surface area contributed by atoms with Gasteiger partial charge >= 0.3 is 6.03 Å². The van der Waals surface area contributed by atoms with Crippen LogP contribution in [0, 0.1) is 0 Å². The number of para-hydroxylation sites is 1. The highest BCUT2D eigenvalue weighted by molar-refractivity contribution is 5.73. The van der Waals surface area contributed by atoms with Crippen molar-refractivity contribution in [3.8, 4) is 5.75 Å². The van der Waals surface area contributed by atoms with Gasteiger partial charge in [0.1, 0.15) is 5.75 Å². The predicted molar refractivity (Wildman–Crippen MR) is 69.5 cm³/mol. The third kappa shape index (κ3) is 5.05. The van der Waals surface area contributed by atoms with Crippen LogP contribution in [0.4, 0.5) is 4.79 Å². The topological polar surface area (TPSA) is 70.6 Å². The van der Waals surface area contributed by atoms with Gasteiger partial charge in [-0.05, 0) is 19.4 Å². The van der Waals surface area contributed by atoms with Gasteiger partial charge in [0.2, 0.25) is 0 Å². The summed E-state index contributed by atoms with van der Waals surface area (Å²) in [6.07, 6.45) is 0.141. The summed E-state index contributed by atoms with van der Waals surface area (Å²) in [5.74, 6) is 0.752. The normalized spacial score (nSPS) is 11.7. The highest BCUT2D eigenvalue weighted by Crippen LogP contribution is 2.16. The van der Waals surface area contributed by atoms with E-state index in [4.69, 9.17) is 9.84 Å². The number of amides is 2. The predicted octanol–water partition coefficient (Wildman–Crippen LogP) is 1.27. The second-order valence-corrected chi connectivity index (χ2v) is 4.06. The molecule has 0 aliphatic carbocycles. The average Bonchev–Trinajstić information content (AvgIpc) is 2.36. The Morgan fingerprint density at radius 2 is 2.11 bits per heavy atom. The van der Waals surface area contributed by atoms with Crippen molar-refractivity contribution in [1.82, 2.24) is 10.6 Å². The molecule has 1 unspecified atom stereocenters. The van der Waals surface area contributed by atoms with Gasteiger partial charge in [-0.25, -0.2) is 4.79 Å². The van der Waals surface area contributed by atoms with Crippen molar-refractivity contribution >= 4 is 6.03 Å². The quantitative estimate of drug-likeness (QED) is 0.714. The lowest BCUT2D eigenvalue weighted by molar-refractivity contribution is 0.183. The molecule has 18 heavy (non-hydrogen) atoms. The summed E-state index contributed by atoms with van der Waals surface area (Å²) >= 11 is 0. The lowest BCUT2D eigenvalue weighted by atomic mass is 10.2. The molecule has 0 fully saturated rings. The fourth-order valence-corrected chi connectivity index (χ4v) is 1.48. The van der Waals surface area contributed by atoms with Crippen molar-refractivity contribution in [3.63, 3.8) is 0 Å². The smallest absolute Gasteiger partial charge is 0.315 e. The maximum atomic E-state index is 11.5. The van der Waals surface area contributed by atoms with E-state index < -0.39 is 6.10 Å². The molecule has 0 radical (unpaired) electrons. The standard InChI is InChI=1S/C13H20N2O3/c1-10(16)7-8-14-13(17)15-9-11-5-3-4-6-12(11)18-2/h3-6,10,16H,7-9H2,1-2H3,(H2,14,15,17). The zero-order valence-electron chi connectivity index (χ0n) is 10.8. The summed E-state index contributed by atoms with van der Waals surface area (Å²) in [5.41, 5.74) is 0.922. The molecular formula is C13H20N2O3. The Labute approximate surface area is 107 Å². The second kappa shape index (κ2) is 7.55. The first-order valence-electron chi connectivity index (χ1n) is 5.95. The van der Waals surface area contributed by atoms with E-state index in [1.807, 2.05) is 24.3 Å². The van der Waals surface area contributed by atoms with E-state index in [9.17, 15) is 4.79 Å². The van der Waals surface area contributed by atoms with Crippen LogP contribution in [-0.2, 0) is 6.54 Å². The maximum Gasteiger partial charge on any atom is 0.315 e. The average molecular weight is 252 g/mol. The van der Waals surface area contributed by atoms with Gasteiger partial charge in [0.05, 0.1) is 13.2 Å². The van der Waals surface area contributed by atoms with E-state index in [2.05, 4.69) is 10.6 Å². The number of urea groups is 1. The summed E-state index contributed by atoms with van der Waals surface area (Å²) in [6, 6.07) is 7.27. The highest BCUT2D eigenvalue weighted by atomic mass is 16.5. The third-order valence-corrected chi connectivity index (χ3v) is 2.48. The first-order valence-corrected chi connectivity index (χ1v) is 5.95. The largest absolute Gasteiger partial charge is 0.496 e. The molecule has 0 aromatic heterocycles. The monoisotopic (exact) mass is 252 g/mol. The van der Waals surface area contributed by atoms with Crippen molar-refractivity contribution in [2.24, 2.45) is 0 Å². The Bertz CT molecular complexity index is 380. The van der Waals surface area contributed by atoms with Gasteiger partial charge in [0.25, 0.3) is 0 Å². The van der Waals surface area contributed by atoms with Crippen LogP contribution in [0.3, 0.4) is 0 Å². The van der Waals surface area contributed by atoms with Gasteiger partial charge in [0, 0.05) is 18.7 Å². The fraction of sp³-hybridized carbons (Fsp3) is 0.462. The summed E-state index contributed by atoms with van der Waals surface area (Å²) in [7, 11) is 1.60. The lowest BCUT2D eigenvalue weighted by Gasteiger charge is -2.11. The van der Waals surface area contributed by atoms with Crippen LogP contribution in [0.25, 0.3) is 0 Å². The molecule has 0 aliphatic rings. The minimum atomic E-state index is -0.403. The highest BCUT2D eigenvalue weighted by Gasteiger charge is 2.04. The van der Waals surface area contributed by atoms with E-state index in [-0.39, 0.29) is 6.03 Å². The zero-order valence-corrected chi connectivity index (χ0v) is 10.8. The number of methoxy groups -OCH3 is 1. The third-order valence-electron chi connectivity index (χ3n) is 2.48. The van der Waals surface area contributed by atoms with Crippen molar-refractivity contribution in [3.05, 3.63) is 29.8 Å². The summed E-state index contributed by atoms with van der Waals surface area (Å²) in [5, 5.41) is 14.5. The number of ether oxygens (including phenoxy) is 1. The Balaban J connectivity index is 2.33. The summed E-state index contributed by atoms with van der Waals surface area (Å²) in [6.45, 7) is 2.55. The Morgan fingerprint density at radius 3 is 2.78 bits per heavy atom. The molecule has 1 atom stereocenters. The van der Waals surface area contributed by atoms with Gasteiger partial charge in [-0.3, -0.25) is 0 Å². The minimum absolute atomic E-state index is 0.249. The molecule has 0 bridgehead atoms. The van der Waals surface area contributed by atoms with Crippen molar-refractivity contribution in [2.75, 3.05) is 13.7 Å². The molecule has 5 heteroatoms. The molecule has 5 nitrogen and oxygen atoms in total. The lowest BCUT2D eigenvalue weighted by Crippen LogP contribution is -2.36. The molecule has 3 N–H and O–H groups in total. The number of nitrogens with one attached hydrogen (secondary N) is 2. The van der Waals surface area contributed by atoms with E-state index in [0.717, 1.165) is 11.3 Å². The molecule has 0 saturated heterocycles. The minimum Gasteiger partial charge on any atom is -0.496 e. The SMILES string of the molecule is COc1ccccc1CNC(=O)NCCC(C)O. The van der Waals surface area contributed by atoms with E-state index >= 15 is 0 Å². The molecule has 0 aliphatic heterocycles.